The Kier molecular flexibility index (Phi) is 7.33. The molecule has 1 atom stereocenters. The molecule has 1 amide bonds. The molecule has 0 spiro atoms. The van der Waals surface area contributed by atoms with Crippen molar-refractivity contribution in [3.05, 3.63) is 12.7 Å². The number of hydrogen-bond acceptors (Lipinski definition) is 3. The molecule has 0 fully saturated rings. The van der Waals surface area contributed by atoms with Crippen molar-refractivity contribution in [3.8, 4) is 12.3 Å². The second-order valence-corrected chi connectivity index (χ2v) is 3.08. The highest BCUT2D eigenvalue weighted by Crippen LogP contribution is 1.97. The van der Waals surface area contributed by atoms with Crippen LogP contribution in [0.1, 0.15) is 6.42 Å². The Morgan fingerprint density at radius 2 is 2.47 bits per heavy atom. The molecule has 0 aliphatic heterocycles. The highest BCUT2D eigenvalue weighted by Gasteiger charge is 2.18. The van der Waals surface area contributed by atoms with Gasteiger partial charge in [0, 0.05) is 26.6 Å². The van der Waals surface area contributed by atoms with Gasteiger partial charge in [0.25, 0.3) is 0 Å². The third kappa shape index (κ3) is 5.21. The first-order chi connectivity index (χ1) is 7.17. The van der Waals surface area contributed by atoms with Crippen molar-refractivity contribution < 1.29 is 9.53 Å². The normalized spacial score (nSPS) is 11.5. The Morgan fingerprint density at radius 1 is 1.80 bits per heavy atom. The number of nitrogens with two attached hydrogens (primary N) is 1. The van der Waals surface area contributed by atoms with Gasteiger partial charge in [-0.1, -0.05) is 6.08 Å². The van der Waals surface area contributed by atoms with E-state index in [0.717, 1.165) is 0 Å². The van der Waals surface area contributed by atoms with Crippen LogP contribution in [0.2, 0.25) is 0 Å². The minimum absolute atomic E-state index is 0.162. The molecule has 2 N–H and O–H groups in total. The van der Waals surface area contributed by atoms with Gasteiger partial charge in [-0.15, -0.1) is 18.9 Å². The molecule has 0 bridgehead atoms. The molecule has 15 heavy (non-hydrogen) atoms. The molecule has 0 saturated heterocycles. The number of rotatable bonds is 7. The summed E-state index contributed by atoms with van der Waals surface area (Å²) in [7, 11) is 1.58. The molecular formula is C11H18N2O2. The number of nitrogens with zero attached hydrogens (tertiary/aromatic N) is 1. The summed E-state index contributed by atoms with van der Waals surface area (Å²) in [5.74, 6) is 2.21. The van der Waals surface area contributed by atoms with E-state index in [-0.39, 0.29) is 12.3 Å². The lowest BCUT2D eigenvalue weighted by Gasteiger charge is -2.23. The fourth-order valence-electron chi connectivity index (χ4n) is 1.10. The summed E-state index contributed by atoms with van der Waals surface area (Å²) < 4.78 is 4.90. The van der Waals surface area contributed by atoms with Gasteiger partial charge in [-0.05, 0) is 0 Å². The smallest absolute Gasteiger partial charge is 0.240 e. The maximum atomic E-state index is 11.7. The van der Waals surface area contributed by atoms with Gasteiger partial charge in [-0.3, -0.25) is 4.79 Å². The van der Waals surface area contributed by atoms with E-state index in [4.69, 9.17) is 16.9 Å². The topological polar surface area (TPSA) is 55.6 Å². The van der Waals surface area contributed by atoms with Crippen molar-refractivity contribution >= 4 is 5.91 Å². The molecule has 4 nitrogen and oxygen atoms in total. The number of amides is 1. The van der Waals surface area contributed by atoms with Crippen LogP contribution in [-0.4, -0.2) is 43.7 Å². The Hall–Kier alpha value is -1.31. The number of ether oxygens (including phenoxy) is 1. The van der Waals surface area contributed by atoms with Crippen molar-refractivity contribution in [3.63, 3.8) is 0 Å². The molecular weight excluding hydrogens is 192 g/mol. The average molecular weight is 210 g/mol. The summed E-state index contributed by atoms with van der Waals surface area (Å²) in [5.41, 5.74) is 5.62. The van der Waals surface area contributed by atoms with E-state index in [0.29, 0.717) is 19.7 Å². The van der Waals surface area contributed by atoms with Crippen LogP contribution in [0.25, 0.3) is 0 Å². The first kappa shape index (κ1) is 13.7. The van der Waals surface area contributed by atoms with E-state index in [2.05, 4.69) is 12.5 Å². The summed E-state index contributed by atoms with van der Waals surface area (Å²) in [4.78, 5) is 13.3. The fraction of sp³-hybridized carbons (Fsp3) is 0.545. The molecule has 0 rings (SSSR count). The van der Waals surface area contributed by atoms with Gasteiger partial charge in [-0.25, -0.2) is 0 Å². The zero-order valence-electron chi connectivity index (χ0n) is 9.11. The Bertz CT molecular complexity index is 245. The molecule has 0 aromatic heterocycles. The highest BCUT2D eigenvalue weighted by atomic mass is 16.5. The predicted octanol–water partition coefficient (Wildman–Crippen LogP) is -0.00200. The standard InChI is InChI=1S/C11H18N2O2/c1-4-6-10(12)11(14)13(7-5-2)8-9-15-3/h1,5,10H,2,6-9,12H2,3H3. The third-order valence-electron chi connectivity index (χ3n) is 1.88. The van der Waals surface area contributed by atoms with Gasteiger partial charge < -0.3 is 15.4 Å². The second-order valence-electron chi connectivity index (χ2n) is 3.08. The molecule has 0 aromatic carbocycles. The van der Waals surface area contributed by atoms with Gasteiger partial charge in [0.2, 0.25) is 5.91 Å². The van der Waals surface area contributed by atoms with E-state index < -0.39 is 6.04 Å². The van der Waals surface area contributed by atoms with E-state index in [1.54, 1.807) is 18.1 Å². The van der Waals surface area contributed by atoms with Crippen LogP contribution in [0.4, 0.5) is 0 Å². The summed E-state index contributed by atoms with van der Waals surface area (Å²) in [6.07, 6.45) is 6.99. The first-order valence-electron chi connectivity index (χ1n) is 4.75. The lowest BCUT2D eigenvalue weighted by molar-refractivity contribution is -0.132. The largest absolute Gasteiger partial charge is 0.383 e. The number of carbonyl (C=O) groups excluding carboxylic acids is 1. The lowest BCUT2D eigenvalue weighted by Crippen LogP contribution is -2.44. The van der Waals surface area contributed by atoms with Gasteiger partial charge in [-0.2, -0.15) is 0 Å². The van der Waals surface area contributed by atoms with Crippen LogP contribution in [-0.2, 0) is 9.53 Å². The van der Waals surface area contributed by atoms with Gasteiger partial charge >= 0.3 is 0 Å². The molecule has 0 saturated carbocycles. The van der Waals surface area contributed by atoms with Gasteiger partial charge in [0.1, 0.15) is 0 Å². The molecule has 0 aliphatic carbocycles. The fourth-order valence-corrected chi connectivity index (χ4v) is 1.10. The molecule has 0 heterocycles. The van der Waals surface area contributed by atoms with Crippen molar-refractivity contribution in [2.45, 2.75) is 12.5 Å². The average Bonchev–Trinajstić information content (AvgIpc) is 2.23. The molecule has 0 aliphatic rings. The summed E-state index contributed by atoms with van der Waals surface area (Å²) in [6.45, 7) is 5.01. The zero-order chi connectivity index (χ0) is 11.7. The lowest BCUT2D eigenvalue weighted by atomic mass is 10.2. The first-order valence-corrected chi connectivity index (χ1v) is 4.75. The summed E-state index contributed by atoms with van der Waals surface area (Å²) in [6, 6.07) is -0.633. The van der Waals surface area contributed by atoms with Crippen molar-refractivity contribution in [1.29, 1.82) is 0 Å². The predicted molar refractivity (Wildman–Crippen MR) is 60.1 cm³/mol. The number of methoxy groups -OCH3 is 1. The van der Waals surface area contributed by atoms with Crippen LogP contribution in [0.15, 0.2) is 12.7 Å². The molecule has 4 heteroatoms. The Labute approximate surface area is 91.1 Å². The third-order valence-corrected chi connectivity index (χ3v) is 1.88. The minimum Gasteiger partial charge on any atom is -0.383 e. The van der Waals surface area contributed by atoms with Crippen LogP contribution < -0.4 is 5.73 Å². The molecule has 0 aromatic rings. The molecule has 84 valence electrons. The quantitative estimate of drug-likeness (QED) is 0.475. The van der Waals surface area contributed by atoms with E-state index >= 15 is 0 Å². The Morgan fingerprint density at radius 3 is 2.93 bits per heavy atom. The zero-order valence-corrected chi connectivity index (χ0v) is 9.11. The van der Waals surface area contributed by atoms with E-state index in [1.807, 2.05) is 0 Å². The molecule has 0 radical (unpaired) electrons. The van der Waals surface area contributed by atoms with Crippen LogP contribution in [0, 0.1) is 12.3 Å². The monoisotopic (exact) mass is 210 g/mol. The van der Waals surface area contributed by atoms with Crippen LogP contribution >= 0.6 is 0 Å². The van der Waals surface area contributed by atoms with E-state index in [9.17, 15) is 4.79 Å². The maximum absolute atomic E-state index is 11.7. The van der Waals surface area contributed by atoms with Crippen molar-refractivity contribution in [1.82, 2.24) is 4.90 Å². The minimum atomic E-state index is -0.633. The SMILES string of the molecule is C#CCC(N)C(=O)N(CC=C)CCOC. The Balaban J connectivity index is 4.27. The highest BCUT2D eigenvalue weighted by molar-refractivity contribution is 5.82. The number of terminal acetylenes is 1. The molecule has 1 unspecified atom stereocenters. The summed E-state index contributed by atoms with van der Waals surface area (Å²) >= 11 is 0. The van der Waals surface area contributed by atoms with Crippen LogP contribution in [0.3, 0.4) is 0 Å². The van der Waals surface area contributed by atoms with Crippen LogP contribution in [0.5, 0.6) is 0 Å². The van der Waals surface area contributed by atoms with E-state index in [1.165, 1.54) is 0 Å². The van der Waals surface area contributed by atoms with Gasteiger partial charge in [0.05, 0.1) is 12.6 Å². The second kappa shape index (κ2) is 8.04. The number of carbonyl (C=O) groups is 1. The number of hydrogen-bond donors (Lipinski definition) is 1. The van der Waals surface area contributed by atoms with Crippen molar-refractivity contribution in [2.75, 3.05) is 26.8 Å². The summed E-state index contributed by atoms with van der Waals surface area (Å²) in [5, 5.41) is 0. The maximum Gasteiger partial charge on any atom is 0.240 e. The van der Waals surface area contributed by atoms with Gasteiger partial charge in [0.15, 0.2) is 0 Å². The van der Waals surface area contributed by atoms with Crippen molar-refractivity contribution in [2.24, 2.45) is 5.73 Å².